The number of fused-ring (bicyclic) bond motifs is 1. The van der Waals surface area contributed by atoms with Gasteiger partial charge < -0.3 is 0 Å². The lowest BCUT2D eigenvalue weighted by Crippen LogP contribution is -2.37. The van der Waals surface area contributed by atoms with E-state index in [1.54, 1.807) is 34.6 Å². The third-order valence-corrected chi connectivity index (χ3v) is 6.11. The Morgan fingerprint density at radius 2 is 1.90 bits per heavy atom. The maximum absolute atomic E-state index is 12.7. The van der Waals surface area contributed by atoms with Gasteiger partial charge in [0.1, 0.15) is 5.15 Å². The van der Waals surface area contributed by atoms with Crippen molar-refractivity contribution in [2.24, 2.45) is 5.92 Å². The molecule has 0 radical (unpaired) electrons. The fraction of sp³-hybridized carbons (Fsp3) is 0.400. The van der Waals surface area contributed by atoms with E-state index in [4.69, 9.17) is 11.6 Å². The molecule has 0 unspecified atom stereocenters. The molecule has 1 aromatic heterocycles. The molecular weight excluding hydrogens is 308 g/mol. The molecule has 3 rings (SSSR count). The highest BCUT2D eigenvalue weighted by Crippen LogP contribution is 2.26. The summed E-state index contributed by atoms with van der Waals surface area (Å²) in [7, 11) is -3.41. The second-order valence-electron chi connectivity index (χ2n) is 5.58. The summed E-state index contributed by atoms with van der Waals surface area (Å²) >= 11 is 5.85. The molecule has 1 saturated heterocycles. The van der Waals surface area contributed by atoms with E-state index in [-0.39, 0.29) is 0 Å². The molecule has 1 aromatic carbocycles. The fourth-order valence-electron chi connectivity index (χ4n) is 2.61. The number of piperidine rings is 1. The molecule has 112 valence electrons. The monoisotopic (exact) mass is 324 g/mol. The van der Waals surface area contributed by atoms with Crippen LogP contribution in [0.15, 0.2) is 35.2 Å². The summed E-state index contributed by atoms with van der Waals surface area (Å²) in [6.07, 6.45) is 1.84. The highest BCUT2D eigenvalue weighted by Gasteiger charge is 2.28. The molecule has 0 aliphatic carbocycles. The van der Waals surface area contributed by atoms with Gasteiger partial charge in [0.2, 0.25) is 10.0 Å². The van der Waals surface area contributed by atoms with Crippen molar-refractivity contribution in [1.29, 1.82) is 0 Å². The van der Waals surface area contributed by atoms with Crippen LogP contribution >= 0.6 is 11.6 Å². The van der Waals surface area contributed by atoms with Crippen molar-refractivity contribution >= 4 is 32.5 Å². The molecule has 4 nitrogen and oxygen atoms in total. The molecule has 0 saturated carbocycles. The highest BCUT2D eigenvalue weighted by atomic mass is 35.5. The van der Waals surface area contributed by atoms with Crippen LogP contribution in [-0.4, -0.2) is 30.8 Å². The second-order valence-corrected chi connectivity index (χ2v) is 7.90. The van der Waals surface area contributed by atoms with Crippen molar-refractivity contribution in [1.82, 2.24) is 9.29 Å². The van der Waals surface area contributed by atoms with Gasteiger partial charge in [-0.1, -0.05) is 18.5 Å². The first kappa shape index (κ1) is 14.8. The number of hydrogen-bond acceptors (Lipinski definition) is 3. The van der Waals surface area contributed by atoms with Gasteiger partial charge in [-0.15, -0.1) is 0 Å². The Balaban J connectivity index is 1.97. The smallest absolute Gasteiger partial charge is 0.236 e. The molecular formula is C15H17ClN2O2S. The van der Waals surface area contributed by atoms with E-state index < -0.39 is 10.0 Å². The second kappa shape index (κ2) is 5.55. The SMILES string of the molecule is CC1CCN(S(=O)(=O)c2ccc3nc(Cl)ccc3c2)CC1. The Bertz CT molecular complexity index is 768. The minimum Gasteiger partial charge on any atom is -0.236 e. The zero-order valence-corrected chi connectivity index (χ0v) is 13.4. The number of benzene rings is 1. The Morgan fingerprint density at radius 3 is 2.62 bits per heavy atom. The zero-order valence-electron chi connectivity index (χ0n) is 11.8. The van der Waals surface area contributed by atoms with Gasteiger partial charge in [0.15, 0.2) is 0 Å². The molecule has 0 atom stereocenters. The largest absolute Gasteiger partial charge is 0.243 e. The summed E-state index contributed by atoms with van der Waals surface area (Å²) in [5, 5.41) is 1.19. The minimum atomic E-state index is -3.41. The van der Waals surface area contributed by atoms with Crippen LogP contribution in [-0.2, 0) is 10.0 Å². The molecule has 2 heterocycles. The topological polar surface area (TPSA) is 50.3 Å². The first-order valence-electron chi connectivity index (χ1n) is 7.03. The predicted octanol–water partition coefficient (Wildman–Crippen LogP) is 3.31. The van der Waals surface area contributed by atoms with Crippen molar-refractivity contribution in [2.75, 3.05) is 13.1 Å². The van der Waals surface area contributed by atoms with Crippen molar-refractivity contribution in [2.45, 2.75) is 24.7 Å². The fourth-order valence-corrected chi connectivity index (χ4v) is 4.27. The average Bonchev–Trinajstić information content (AvgIpc) is 2.47. The molecule has 1 aliphatic heterocycles. The lowest BCUT2D eigenvalue weighted by Gasteiger charge is -2.29. The van der Waals surface area contributed by atoms with Crippen LogP contribution in [0.25, 0.3) is 10.9 Å². The van der Waals surface area contributed by atoms with Gasteiger partial charge in [-0.25, -0.2) is 13.4 Å². The van der Waals surface area contributed by atoms with Gasteiger partial charge in [-0.3, -0.25) is 0 Å². The summed E-state index contributed by atoms with van der Waals surface area (Å²) < 4.78 is 26.9. The number of rotatable bonds is 2. The van der Waals surface area contributed by atoms with Crippen molar-refractivity contribution < 1.29 is 8.42 Å². The molecule has 6 heteroatoms. The summed E-state index contributed by atoms with van der Waals surface area (Å²) in [5.74, 6) is 0.597. The molecule has 2 aromatic rings. The van der Waals surface area contributed by atoms with Crippen LogP contribution in [0, 0.1) is 5.92 Å². The van der Waals surface area contributed by atoms with Crippen molar-refractivity contribution in [3.8, 4) is 0 Å². The number of hydrogen-bond donors (Lipinski definition) is 0. The summed E-state index contributed by atoms with van der Waals surface area (Å²) in [5.41, 5.74) is 0.703. The van der Waals surface area contributed by atoms with Crippen LogP contribution in [0.2, 0.25) is 5.15 Å². The van der Waals surface area contributed by atoms with E-state index in [1.165, 1.54) is 0 Å². The molecule has 21 heavy (non-hydrogen) atoms. The molecule has 0 N–H and O–H groups in total. The van der Waals surface area contributed by atoms with Crippen molar-refractivity contribution in [3.63, 3.8) is 0 Å². The number of pyridine rings is 1. The average molecular weight is 325 g/mol. The lowest BCUT2D eigenvalue weighted by molar-refractivity contribution is 0.288. The normalized spacial score (nSPS) is 18.2. The van der Waals surface area contributed by atoms with Gasteiger partial charge in [-0.2, -0.15) is 4.31 Å². The molecule has 1 fully saturated rings. The first-order chi connectivity index (χ1) is 9.96. The third-order valence-electron chi connectivity index (χ3n) is 4.01. The van der Waals surface area contributed by atoms with Crippen LogP contribution < -0.4 is 0 Å². The lowest BCUT2D eigenvalue weighted by atomic mass is 10.0. The van der Waals surface area contributed by atoms with Gasteiger partial charge in [0, 0.05) is 18.5 Å². The van der Waals surface area contributed by atoms with E-state index in [0.717, 1.165) is 18.2 Å². The summed E-state index contributed by atoms with van der Waals surface area (Å²) in [6, 6.07) is 8.45. The number of aromatic nitrogens is 1. The van der Waals surface area contributed by atoms with E-state index in [0.29, 0.717) is 34.6 Å². The maximum Gasteiger partial charge on any atom is 0.243 e. The van der Waals surface area contributed by atoms with E-state index in [1.807, 2.05) is 0 Å². The first-order valence-corrected chi connectivity index (χ1v) is 8.85. The van der Waals surface area contributed by atoms with Crippen LogP contribution in [0.4, 0.5) is 0 Å². The van der Waals surface area contributed by atoms with Crippen molar-refractivity contribution in [3.05, 3.63) is 35.5 Å². The van der Waals surface area contributed by atoms with E-state index >= 15 is 0 Å². The predicted molar refractivity (Wildman–Crippen MR) is 83.9 cm³/mol. The van der Waals surface area contributed by atoms with Gasteiger partial charge in [-0.05, 0) is 49.1 Å². The van der Waals surface area contributed by atoms with E-state index in [9.17, 15) is 8.42 Å². The minimum absolute atomic E-state index is 0.327. The van der Waals surface area contributed by atoms with Gasteiger partial charge >= 0.3 is 0 Å². The number of sulfonamides is 1. The standard InChI is InChI=1S/C15H17ClN2O2S/c1-11-6-8-18(9-7-11)21(19,20)13-3-4-14-12(10-13)2-5-15(16)17-14/h2-5,10-11H,6-9H2,1H3. The number of halogens is 1. The molecule has 1 aliphatic rings. The summed E-state index contributed by atoms with van der Waals surface area (Å²) in [4.78, 5) is 4.51. The number of nitrogens with zero attached hydrogens (tertiary/aromatic N) is 2. The third kappa shape index (κ3) is 2.91. The Morgan fingerprint density at radius 1 is 1.19 bits per heavy atom. The van der Waals surface area contributed by atoms with Crippen LogP contribution in [0.5, 0.6) is 0 Å². The Hall–Kier alpha value is -1.17. The maximum atomic E-state index is 12.7. The molecule has 0 spiro atoms. The van der Waals surface area contributed by atoms with Crippen LogP contribution in [0.1, 0.15) is 19.8 Å². The molecule has 0 amide bonds. The summed E-state index contributed by atoms with van der Waals surface area (Å²) in [6.45, 7) is 3.36. The van der Waals surface area contributed by atoms with Crippen LogP contribution in [0.3, 0.4) is 0 Å². The molecule has 0 bridgehead atoms. The quantitative estimate of drug-likeness (QED) is 0.796. The Labute approximate surface area is 129 Å². The Kier molecular flexibility index (Phi) is 3.90. The van der Waals surface area contributed by atoms with E-state index in [2.05, 4.69) is 11.9 Å². The highest BCUT2D eigenvalue weighted by molar-refractivity contribution is 7.89. The van der Waals surface area contributed by atoms with Gasteiger partial charge in [0.25, 0.3) is 0 Å². The zero-order chi connectivity index (χ0) is 15.0. The van der Waals surface area contributed by atoms with Gasteiger partial charge in [0.05, 0.1) is 10.4 Å².